The number of ether oxygens (including phenoxy) is 4. The summed E-state index contributed by atoms with van der Waals surface area (Å²) < 4.78 is 20.6. The molecule has 0 radical (unpaired) electrons. The maximum absolute atomic E-state index is 12.2. The van der Waals surface area contributed by atoms with Gasteiger partial charge in [0.05, 0.1) is 0 Å². The molecule has 0 aromatic heterocycles. The fourth-order valence-electron chi connectivity index (χ4n) is 1.46. The zero-order chi connectivity index (χ0) is 17.6. The molecule has 0 fully saturated rings. The molecule has 0 spiro atoms. The van der Waals surface area contributed by atoms with E-state index in [1.54, 1.807) is 41.5 Å². The SMILES string of the molecule is COC(CCN(C(=O)OC(C)(C)C)C(=O)OC(C)(C)C)OC. The number of hydrogen-bond donors (Lipinski definition) is 0. The van der Waals surface area contributed by atoms with Crippen LogP contribution in [0.4, 0.5) is 9.59 Å². The van der Waals surface area contributed by atoms with Crippen molar-refractivity contribution in [3.8, 4) is 0 Å². The van der Waals surface area contributed by atoms with Gasteiger partial charge >= 0.3 is 12.2 Å². The molecule has 7 nitrogen and oxygen atoms in total. The van der Waals surface area contributed by atoms with E-state index in [0.29, 0.717) is 6.42 Å². The predicted octanol–water partition coefficient (Wildman–Crippen LogP) is 3.17. The summed E-state index contributed by atoms with van der Waals surface area (Å²) in [7, 11) is 2.97. The number of amides is 2. The summed E-state index contributed by atoms with van der Waals surface area (Å²) in [5, 5.41) is 0. The van der Waals surface area contributed by atoms with E-state index in [-0.39, 0.29) is 6.54 Å². The first-order valence-corrected chi connectivity index (χ1v) is 7.18. The van der Waals surface area contributed by atoms with Crippen LogP contribution < -0.4 is 0 Å². The van der Waals surface area contributed by atoms with Crippen molar-refractivity contribution < 1.29 is 28.5 Å². The summed E-state index contributed by atoms with van der Waals surface area (Å²) in [6.45, 7) is 10.4. The molecule has 0 atom stereocenters. The molecule has 0 N–H and O–H groups in total. The average Bonchev–Trinajstić information content (AvgIpc) is 2.29. The van der Waals surface area contributed by atoms with Gasteiger partial charge in [0.2, 0.25) is 0 Å². The third-order valence-corrected chi connectivity index (χ3v) is 2.34. The predicted molar refractivity (Wildman–Crippen MR) is 81.6 cm³/mol. The van der Waals surface area contributed by atoms with Crippen molar-refractivity contribution in [1.82, 2.24) is 4.90 Å². The van der Waals surface area contributed by atoms with Crippen LogP contribution in [-0.2, 0) is 18.9 Å². The van der Waals surface area contributed by atoms with Crippen LogP contribution in [0.1, 0.15) is 48.0 Å². The monoisotopic (exact) mass is 319 g/mol. The quantitative estimate of drug-likeness (QED) is 0.725. The third kappa shape index (κ3) is 8.84. The van der Waals surface area contributed by atoms with Crippen LogP contribution in [0.3, 0.4) is 0 Å². The van der Waals surface area contributed by atoms with Gasteiger partial charge in [-0.15, -0.1) is 0 Å². The van der Waals surface area contributed by atoms with Crippen LogP contribution >= 0.6 is 0 Å². The normalized spacial score (nSPS) is 12.2. The van der Waals surface area contributed by atoms with Gasteiger partial charge in [-0.2, -0.15) is 0 Å². The Morgan fingerprint density at radius 3 is 1.50 bits per heavy atom. The lowest BCUT2D eigenvalue weighted by atomic mass is 10.2. The number of carbonyl (C=O) groups excluding carboxylic acids is 2. The van der Waals surface area contributed by atoms with E-state index < -0.39 is 29.7 Å². The molecule has 0 aliphatic rings. The molecular weight excluding hydrogens is 290 g/mol. The fraction of sp³-hybridized carbons (Fsp3) is 0.867. The maximum atomic E-state index is 12.2. The van der Waals surface area contributed by atoms with Crippen LogP contribution in [0.25, 0.3) is 0 Å². The molecule has 7 heteroatoms. The highest BCUT2D eigenvalue weighted by molar-refractivity contribution is 5.88. The van der Waals surface area contributed by atoms with Crippen molar-refractivity contribution in [3.05, 3.63) is 0 Å². The Morgan fingerprint density at radius 1 is 0.864 bits per heavy atom. The molecule has 0 saturated carbocycles. The average molecular weight is 319 g/mol. The Hall–Kier alpha value is -1.34. The molecule has 0 unspecified atom stereocenters. The van der Waals surface area contributed by atoms with Crippen molar-refractivity contribution in [2.45, 2.75) is 65.5 Å². The summed E-state index contributed by atoms with van der Waals surface area (Å²) in [6, 6.07) is 0. The summed E-state index contributed by atoms with van der Waals surface area (Å²) in [6.07, 6.45) is -1.72. The Morgan fingerprint density at radius 2 is 1.23 bits per heavy atom. The smallest absolute Gasteiger partial charge is 0.419 e. The van der Waals surface area contributed by atoms with Crippen molar-refractivity contribution >= 4 is 12.2 Å². The number of carbonyl (C=O) groups is 2. The van der Waals surface area contributed by atoms with Crippen LogP contribution in [-0.4, -0.2) is 55.3 Å². The van der Waals surface area contributed by atoms with E-state index in [4.69, 9.17) is 18.9 Å². The van der Waals surface area contributed by atoms with Gasteiger partial charge in [-0.25, -0.2) is 14.5 Å². The van der Waals surface area contributed by atoms with Crippen LogP contribution in [0.15, 0.2) is 0 Å². The van der Waals surface area contributed by atoms with E-state index in [2.05, 4.69) is 0 Å². The van der Waals surface area contributed by atoms with E-state index in [1.165, 1.54) is 14.2 Å². The molecule has 22 heavy (non-hydrogen) atoms. The summed E-state index contributed by atoms with van der Waals surface area (Å²) >= 11 is 0. The zero-order valence-electron chi connectivity index (χ0n) is 14.9. The van der Waals surface area contributed by atoms with E-state index in [9.17, 15) is 9.59 Å². The number of imide groups is 1. The van der Waals surface area contributed by atoms with Crippen molar-refractivity contribution in [1.29, 1.82) is 0 Å². The van der Waals surface area contributed by atoms with Gasteiger partial charge < -0.3 is 18.9 Å². The maximum Gasteiger partial charge on any atom is 0.419 e. The summed E-state index contributed by atoms with van der Waals surface area (Å²) in [5.74, 6) is 0. The first-order chi connectivity index (χ1) is 9.89. The summed E-state index contributed by atoms with van der Waals surface area (Å²) in [4.78, 5) is 25.3. The second-order valence-electron chi connectivity index (χ2n) is 6.80. The first kappa shape index (κ1) is 20.7. The van der Waals surface area contributed by atoms with E-state index >= 15 is 0 Å². The van der Waals surface area contributed by atoms with Crippen LogP contribution in [0.2, 0.25) is 0 Å². The van der Waals surface area contributed by atoms with E-state index in [1.807, 2.05) is 0 Å². The highest BCUT2D eigenvalue weighted by atomic mass is 16.7. The van der Waals surface area contributed by atoms with Crippen molar-refractivity contribution in [3.63, 3.8) is 0 Å². The largest absolute Gasteiger partial charge is 0.443 e. The van der Waals surface area contributed by atoms with Gasteiger partial charge in [0, 0.05) is 27.2 Å². The molecule has 2 amide bonds. The van der Waals surface area contributed by atoms with Crippen LogP contribution in [0, 0.1) is 0 Å². The van der Waals surface area contributed by atoms with Gasteiger partial charge in [0.1, 0.15) is 11.2 Å². The highest BCUT2D eigenvalue weighted by Crippen LogP contribution is 2.15. The number of nitrogens with zero attached hydrogens (tertiary/aromatic N) is 1. The lowest BCUT2D eigenvalue weighted by Gasteiger charge is -2.29. The molecule has 0 aromatic carbocycles. The Labute approximate surface area is 132 Å². The molecular formula is C15H29NO6. The van der Waals surface area contributed by atoms with Crippen molar-refractivity contribution in [2.24, 2.45) is 0 Å². The zero-order valence-corrected chi connectivity index (χ0v) is 14.9. The number of methoxy groups -OCH3 is 2. The minimum atomic E-state index is -0.757. The van der Waals surface area contributed by atoms with Gasteiger partial charge in [-0.05, 0) is 41.5 Å². The van der Waals surface area contributed by atoms with E-state index in [0.717, 1.165) is 4.90 Å². The van der Waals surface area contributed by atoms with Crippen LogP contribution in [0.5, 0.6) is 0 Å². The Bertz CT molecular complexity index is 337. The molecule has 0 aromatic rings. The first-order valence-electron chi connectivity index (χ1n) is 7.18. The standard InChI is InChI=1S/C15H29NO6/c1-14(2,3)21-12(17)16(10-9-11(19-7)20-8)13(18)22-15(4,5)6/h11H,9-10H2,1-8H3. The molecule has 0 aliphatic heterocycles. The molecule has 0 rings (SSSR count). The van der Waals surface area contributed by atoms with Gasteiger partial charge in [0.15, 0.2) is 6.29 Å². The van der Waals surface area contributed by atoms with Gasteiger partial charge in [-0.1, -0.05) is 0 Å². The third-order valence-electron chi connectivity index (χ3n) is 2.34. The summed E-state index contributed by atoms with van der Waals surface area (Å²) in [5.41, 5.74) is -1.42. The molecule has 0 bridgehead atoms. The fourth-order valence-corrected chi connectivity index (χ4v) is 1.46. The molecule has 0 aliphatic carbocycles. The lowest BCUT2D eigenvalue weighted by molar-refractivity contribution is -0.108. The highest BCUT2D eigenvalue weighted by Gasteiger charge is 2.31. The molecule has 0 saturated heterocycles. The number of hydrogen-bond acceptors (Lipinski definition) is 6. The van der Waals surface area contributed by atoms with Crippen molar-refractivity contribution in [2.75, 3.05) is 20.8 Å². The molecule has 0 heterocycles. The lowest BCUT2D eigenvalue weighted by Crippen LogP contribution is -2.44. The Kier molecular flexibility index (Phi) is 7.83. The Balaban J connectivity index is 4.97. The second kappa shape index (κ2) is 8.33. The topological polar surface area (TPSA) is 74.3 Å². The minimum absolute atomic E-state index is 0.0656. The van der Waals surface area contributed by atoms with Gasteiger partial charge in [0.25, 0.3) is 0 Å². The minimum Gasteiger partial charge on any atom is -0.443 e. The number of rotatable bonds is 5. The van der Waals surface area contributed by atoms with Gasteiger partial charge in [-0.3, -0.25) is 0 Å². The second-order valence-corrected chi connectivity index (χ2v) is 6.80. The molecule has 130 valence electrons.